The van der Waals surface area contributed by atoms with Crippen LogP contribution in [0.3, 0.4) is 0 Å². The van der Waals surface area contributed by atoms with Crippen molar-refractivity contribution >= 4 is 16.8 Å². The molecule has 2 aliphatic rings. The Morgan fingerprint density at radius 3 is 2.96 bits per heavy atom. The lowest BCUT2D eigenvalue weighted by Crippen LogP contribution is -2.30. The zero-order valence-electron chi connectivity index (χ0n) is 14.1. The zero-order chi connectivity index (χ0) is 17.3. The summed E-state index contributed by atoms with van der Waals surface area (Å²) in [5.41, 5.74) is 0.755. The quantitative estimate of drug-likeness (QED) is 0.761. The van der Waals surface area contributed by atoms with Crippen molar-refractivity contribution in [1.82, 2.24) is 14.7 Å². The van der Waals surface area contributed by atoms with Crippen LogP contribution in [0.4, 0.5) is 0 Å². The first-order valence-corrected chi connectivity index (χ1v) is 8.78. The van der Waals surface area contributed by atoms with Crippen molar-refractivity contribution in [3.05, 3.63) is 30.5 Å². The van der Waals surface area contributed by atoms with Crippen LogP contribution in [0.2, 0.25) is 0 Å². The molecule has 0 radical (unpaired) electrons. The summed E-state index contributed by atoms with van der Waals surface area (Å²) < 4.78 is 2.06. The first-order chi connectivity index (χ1) is 12.2. The fourth-order valence-corrected chi connectivity index (χ4v) is 3.58. The third-order valence-corrected chi connectivity index (χ3v) is 5.16. The second-order valence-electron chi connectivity index (χ2n) is 6.82. The molecule has 6 nitrogen and oxygen atoms in total. The zero-order valence-corrected chi connectivity index (χ0v) is 14.1. The molecule has 0 saturated carbocycles. The summed E-state index contributed by atoms with van der Waals surface area (Å²) in [4.78, 5) is 14.5. The SMILES string of the molecule is C#CCCC1(CCC(=O)N2CCC(n3ncc4ccccc43)C2)N=N1. The maximum Gasteiger partial charge on any atom is 0.222 e. The molecule has 1 unspecified atom stereocenters. The normalized spacial score (nSPS) is 20.8. The number of rotatable bonds is 6. The van der Waals surface area contributed by atoms with Gasteiger partial charge in [0.2, 0.25) is 5.91 Å². The third kappa shape index (κ3) is 3.14. The number of aromatic nitrogens is 2. The number of benzene rings is 1. The molecule has 0 N–H and O–H groups in total. The molecular weight excluding hydrogens is 314 g/mol. The van der Waals surface area contributed by atoms with Gasteiger partial charge in [-0.2, -0.15) is 15.3 Å². The van der Waals surface area contributed by atoms with Gasteiger partial charge in [-0.3, -0.25) is 9.48 Å². The van der Waals surface area contributed by atoms with Gasteiger partial charge in [0.1, 0.15) is 0 Å². The Kier molecular flexibility index (Phi) is 4.00. The number of nitrogens with zero attached hydrogens (tertiary/aromatic N) is 5. The van der Waals surface area contributed by atoms with E-state index in [1.54, 1.807) is 0 Å². The van der Waals surface area contributed by atoms with Crippen molar-refractivity contribution in [1.29, 1.82) is 0 Å². The Labute approximate surface area is 146 Å². The minimum absolute atomic E-state index is 0.177. The highest BCUT2D eigenvalue weighted by Gasteiger charge is 2.40. The molecule has 1 amide bonds. The van der Waals surface area contributed by atoms with E-state index in [2.05, 4.69) is 38.1 Å². The number of fused-ring (bicyclic) bond motifs is 1. The van der Waals surface area contributed by atoms with Crippen LogP contribution in [-0.4, -0.2) is 39.3 Å². The Bertz CT molecular complexity index is 856. The van der Waals surface area contributed by atoms with Crippen molar-refractivity contribution in [3.8, 4) is 12.3 Å². The maximum atomic E-state index is 12.5. The predicted octanol–water partition coefficient (Wildman–Crippen LogP) is 3.17. The fraction of sp³-hybridized carbons (Fsp3) is 0.474. The summed E-state index contributed by atoms with van der Waals surface area (Å²) in [6, 6.07) is 8.43. The fourth-order valence-electron chi connectivity index (χ4n) is 3.58. The molecular formula is C19H21N5O. The molecule has 1 fully saturated rings. The van der Waals surface area contributed by atoms with Gasteiger partial charge in [-0.25, -0.2) is 0 Å². The summed E-state index contributed by atoms with van der Waals surface area (Å²) in [5, 5.41) is 13.9. The van der Waals surface area contributed by atoms with Crippen molar-refractivity contribution in [2.24, 2.45) is 10.2 Å². The van der Waals surface area contributed by atoms with Crippen LogP contribution in [0.1, 0.15) is 38.1 Å². The second-order valence-corrected chi connectivity index (χ2v) is 6.82. The topological polar surface area (TPSA) is 62.9 Å². The summed E-state index contributed by atoms with van der Waals surface area (Å²) in [6.07, 6.45) is 10.7. The molecule has 1 saturated heterocycles. The van der Waals surface area contributed by atoms with Crippen LogP contribution in [0.5, 0.6) is 0 Å². The smallest absolute Gasteiger partial charge is 0.222 e. The van der Waals surface area contributed by atoms with E-state index >= 15 is 0 Å². The highest BCUT2D eigenvalue weighted by atomic mass is 16.2. The third-order valence-electron chi connectivity index (χ3n) is 5.16. The van der Waals surface area contributed by atoms with Crippen molar-refractivity contribution in [2.75, 3.05) is 13.1 Å². The molecule has 0 bridgehead atoms. The maximum absolute atomic E-state index is 12.5. The van der Waals surface area contributed by atoms with Gasteiger partial charge >= 0.3 is 0 Å². The highest BCUT2D eigenvalue weighted by Crippen LogP contribution is 2.38. The lowest BCUT2D eigenvalue weighted by molar-refractivity contribution is -0.130. The number of carbonyl (C=O) groups is 1. The number of hydrogen-bond acceptors (Lipinski definition) is 4. The van der Waals surface area contributed by atoms with E-state index in [-0.39, 0.29) is 17.6 Å². The van der Waals surface area contributed by atoms with Crippen LogP contribution in [0.15, 0.2) is 40.7 Å². The highest BCUT2D eigenvalue weighted by molar-refractivity contribution is 5.79. The summed E-state index contributed by atoms with van der Waals surface area (Å²) in [7, 11) is 0. The molecule has 2 aliphatic heterocycles. The minimum Gasteiger partial charge on any atom is -0.340 e. The van der Waals surface area contributed by atoms with Gasteiger partial charge in [-0.05, 0) is 12.5 Å². The molecule has 2 aromatic rings. The molecule has 4 rings (SSSR count). The van der Waals surface area contributed by atoms with Crippen LogP contribution < -0.4 is 0 Å². The van der Waals surface area contributed by atoms with E-state index in [1.807, 2.05) is 23.2 Å². The van der Waals surface area contributed by atoms with Crippen LogP contribution in [0, 0.1) is 12.3 Å². The van der Waals surface area contributed by atoms with Gasteiger partial charge in [0.25, 0.3) is 0 Å². The van der Waals surface area contributed by atoms with E-state index in [0.717, 1.165) is 36.8 Å². The van der Waals surface area contributed by atoms with Crippen molar-refractivity contribution in [2.45, 2.75) is 43.8 Å². The molecule has 1 aromatic carbocycles. The van der Waals surface area contributed by atoms with E-state index in [1.165, 1.54) is 0 Å². The van der Waals surface area contributed by atoms with Gasteiger partial charge < -0.3 is 4.90 Å². The lowest BCUT2D eigenvalue weighted by Gasteiger charge is -2.18. The van der Waals surface area contributed by atoms with Crippen molar-refractivity contribution in [3.63, 3.8) is 0 Å². The summed E-state index contributed by atoms with van der Waals surface area (Å²) >= 11 is 0. The first kappa shape index (κ1) is 15.8. The number of hydrogen-bond donors (Lipinski definition) is 0. The average molecular weight is 335 g/mol. The molecule has 1 aromatic heterocycles. The lowest BCUT2D eigenvalue weighted by atomic mass is 10.0. The van der Waals surface area contributed by atoms with Crippen molar-refractivity contribution < 1.29 is 4.79 Å². The van der Waals surface area contributed by atoms with Crippen LogP contribution >= 0.6 is 0 Å². The molecule has 0 spiro atoms. The molecule has 3 heterocycles. The van der Waals surface area contributed by atoms with Gasteiger partial charge in [0.05, 0.1) is 17.8 Å². The number of terminal acetylenes is 1. The van der Waals surface area contributed by atoms with E-state index in [9.17, 15) is 4.79 Å². The molecule has 128 valence electrons. The number of likely N-dealkylation sites (tertiary alicyclic amines) is 1. The van der Waals surface area contributed by atoms with Gasteiger partial charge in [0, 0.05) is 44.2 Å². The average Bonchev–Trinajstić information content (AvgIpc) is 3.06. The standard InChI is InChI=1S/C19H21N5O/c1-2-3-10-19(21-22-19)11-8-18(25)23-12-9-16(14-23)24-17-7-5-4-6-15(17)13-20-24/h1,4-7,13,16H,3,8-12,14H2. The molecule has 6 heteroatoms. The van der Waals surface area contributed by atoms with E-state index in [0.29, 0.717) is 19.3 Å². The molecule has 0 aliphatic carbocycles. The Hall–Kier alpha value is -2.68. The summed E-state index contributed by atoms with van der Waals surface area (Å²) in [6.45, 7) is 1.50. The van der Waals surface area contributed by atoms with Gasteiger partial charge in [0.15, 0.2) is 5.66 Å². The number of carbonyl (C=O) groups excluding carboxylic acids is 1. The van der Waals surface area contributed by atoms with Gasteiger partial charge in [-0.1, -0.05) is 18.2 Å². The molecule has 25 heavy (non-hydrogen) atoms. The van der Waals surface area contributed by atoms with Crippen LogP contribution in [-0.2, 0) is 4.79 Å². The first-order valence-electron chi connectivity index (χ1n) is 8.78. The van der Waals surface area contributed by atoms with Gasteiger partial charge in [-0.15, -0.1) is 12.3 Å². The largest absolute Gasteiger partial charge is 0.340 e. The van der Waals surface area contributed by atoms with E-state index in [4.69, 9.17) is 6.42 Å². The molecule has 1 atom stereocenters. The number of para-hydroxylation sites is 1. The second kappa shape index (κ2) is 6.32. The van der Waals surface area contributed by atoms with E-state index < -0.39 is 0 Å². The Morgan fingerprint density at radius 2 is 2.16 bits per heavy atom. The predicted molar refractivity (Wildman–Crippen MR) is 94.9 cm³/mol. The monoisotopic (exact) mass is 335 g/mol. The number of amides is 1. The summed E-state index contributed by atoms with van der Waals surface area (Å²) in [5.74, 6) is 2.79. The Balaban J connectivity index is 1.34. The van der Waals surface area contributed by atoms with Crippen LogP contribution in [0.25, 0.3) is 10.9 Å². The Morgan fingerprint density at radius 1 is 1.32 bits per heavy atom. The minimum atomic E-state index is -0.376.